The van der Waals surface area contributed by atoms with Gasteiger partial charge < -0.3 is 10.5 Å². The first-order valence-corrected chi connectivity index (χ1v) is 4.68. The predicted molar refractivity (Wildman–Crippen MR) is 53.3 cm³/mol. The Bertz CT molecular complexity index is 185. The van der Waals surface area contributed by atoms with Gasteiger partial charge in [-0.2, -0.15) is 0 Å². The zero-order chi connectivity index (χ0) is 10.7. The molecule has 0 saturated heterocycles. The molecule has 0 bridgehead atoms. The summed E-state index contributed by atoms with van der Waals surface area (Å²) in [7, 11) is 0. The average molecular weight is 187 g/mol. The fraction of sp³-hybridized carbons (Fsp3) is 0.900. The average Bonchev–Trinajstić information content (AvgIpc) is 2.04. The smallest absolute Gasteiger partial charge is 0.312 e. The quantitative estimate of drug-likeness (QED) is 0.681. The van der Waals surface area contributed by atoms with Gasteiger partial charge in [-0.05, 0) is 34.1 Å². The molecule has 0 aliphatic heterocycles. The van der Waals surface area contributed by atoms with Gasteiger partial charge in [0, 0.05) is 6.54 Å². The van der Waals surface area contributed by atoms with Crippen LogP contribution in [0.15, 0.2) is 0 Å². The molecule has 13 heavy (non-hydrogen) atoms. The van der Waals surface area contributed by atoms with E-state index in [2.05, 4.69) is 0 Å². The summed E-state index contributed by atoms with van der Waals surface area (Å²) in [4.78, 5) is 11.6. The van der Waals surface area contributed by atoms with Gasteiger partial charge in [0.25, 0.3) is 0 Å². The number of nitrogens with two attached hydrogens (primary N) is 1. The maximum atomic E-state index is 11.6. The molecule has 0 aliphatic rings. The van der Waals surface area contributed by atoms with Crippen molar-refractivity contribution in [3.63, 3.8) is 0 Å². The summed E-state index contributed by atoms with van der Waals surface area (Å²) in [6.07, 6.45) is 0.770. The van der Waals surface area contributed by atoms with Crippen LogP contribution in [0.4, 0.5) is 0 Å². The molecule has 3 nitrogen and oxygen atoms in total. The Morgan fingerprint density at radius 2 is 1.77 bits per heavy atom. The van der Waals surface area contributed by atoms with E-state index in [0.717, 1.165) is 6.42 Å². The lowest BCUT2D eigenvalue weighted by Crippen LogP contribution is -2.40. The highest BCUT2D eigenvalue weighted by atomic mass is 16.6. The highest BCUT2D eigenvalue weighted by Crippen LogP contribution is 2.24. The number of ether oxygens (including phenoxy) is 1. The van der Waals surface area contributed by atoms with Gasteiger partial charge in [-0.1, -0.05) is 6.92 Å². The lowest BCUT2D eigenvalue weighted by atomic mass is 9.90. The minimum atomic E-state index is -0.552. The van der Waals surface area contributed by atoms with Gasteiger partial charge in [0.15, 0.2) is 0 Å². The number of hydrogen-bond acceptors (Lipinski definition) is 3. The number of hydrogen-bond donors (Lipinski definition) is 1. The van der Waals surface area contributed by atoms with Crippen molar-refractivity contribution >= 4 is 5.97 Å². The second-order valence-electron chi connectivity index (χ2n) is 4.59. The molecule has 0 aromatic rings. The molecule has 3 heteroatoms. The standard InChI is InChI=1S/C10H21NO2/c1-6-9(2,3)8(12)13-10(4,5)7-11/h6-7,11H2,1-5H3. The van der Waals surface area contributed by atoms with Crippen LogP contribution in [0.25, 0.3) is 0 Å². The molecule has 0 fully saturated rings. The highest BCUT2D eigenvalue weighted by Gasteiger charge is 2.31. The van der Waals surface area contributed by atoms with Gasteiger partial charge >= 0.3 is 5.97 Å². The van der Waals surface area contributed by atoms with Crippen LogP contribution in [0.1, 0.15) is 41.0 Å². The molecule has 0 radical (unpaired) electrons. The number of rotatable bonds is 4. The number of carbonyl (C=O) groups excluding carboxylic acids is 1. The zero-order valence-corrected chi connectivity index (χ0v) is 9.31. The summed E-state index contributed by atoms with van der Waals surface area (Å²) >= 11 is 0. The fourth-order valence-corrected chi connectivity index (χ4v) is 0.575. The van der Waals surface area contributed by atoms with E-state index < -0.39 is 11.0 Å². The number of carbonyl (C=O) groups is 1. The summed E-state index contributed by atoms with van der Waals surface area (Å²) in [5.74, 6) is -0.176. The molecule has 0 unspecified atom stereocenters. The Labute approximate surface area is 80.6 Å². The molecule has 0 aromatic heterocycles. The largest absolute Gasteiger partial charge is 0.458 e. The summed E-state index contributed by atoms with van der Waals surface area (Å²) in [5.41, 5.74) is 4.50. The van der Waals surface area contributed by atoms with Gasteiger partial charge in [0.2, 0.25) is 0 Å². The van der Waals surface area contributed by atoms with Crippen molar-refractivity contribution in [1.29, 1.82) is 0 Å². The van der Waals surface area contributed by atoms with E-state index in [-0.39, 0.29) is 5.97 Å². The van der Waals surface area contributed by atoms with Crippen LogP contribution in [-0.4, -0.2) is 18.1 Å². The van der Waals surface area contributed by atoms with Gasteiger partial charge in [-0.15, -0.1) is 0 Å². The SMILES string of the molecule is CCC(C)(C)C(=O)OC(C)(C)CN. The first-order chi connectivity index (χ1) is 5.75. The number of esters is 1. The predicted octanol–water partition coefficient (Wildman–Crippen LogP) is 1.70. The maximum Gasteiger partial charge on any atom is 0.312 e. The molecule has 0 heterocycles. The van der Waals surface area contributed by atoms with Crippen molar-refractivity contribution in [3.8, 4) is 0 Å². The van der Waals surface area contributed by atoms with Gasteiger partial charge in [0.1, 0.15) is 5.60 Å². The Balaban J connectivity index is 4.31. The van der Waals surface area contributed by atoms with Crippen molar-refractivity contribution in [2.75, 3.05) is 6.54 Å². The minimum Gasteiger partial charge on any atom is -0.458 e. The first kappa shape index (κ1) is 12.4. The summed E-state index contributed by atoms with van der Waals surface area (Å²) in [5, 5.41) is 0. The third kappa shape index (κ3) is 3.77. The molecular formula is C10H21NO2. The Morgan fingerprint density at radius 3 is 2.08 bits per heavy atom. The second-order valence-corrected chi connectivity index (χ2v) is 4.59. The van der Waals surface area contributed by atoms with E-state index in [1.54, 1.807) is 0 Å². The van der Waals surface area contributed by atoms with Crippen LogP contribution in [0.2, 0.25) is 0 Å². The van der Waals surface area contributed by atoms with Crippen LogP contribution in [0.5, 0.6) is 0 Å². The molecule has 0 aromatic carbocycles. The van der Waals surface area contributed by atoms with Crippen LogP contribution in [0.3, 0.4) is 0 Å². The molecule has 0 rings (SSSR count). The minimum absolute atomic E-state index is 0.176. The second kappa shape index (κ2) is 4.09. The van der Waals surface area contributed by atoms with Gasteiger partial charge in [-0.25, -0.2) is 0 Å². The third-order valence-electron chi connectivity index (χ3n) is 2.30. The molecule has 0 spiro atoms. The summed E-state index contributed by atoms with van der Waals surface area (Å²) < 4.78 is 5.28. The lowest BCUT2D eigenvalue weighted by molar-refractivity contribution is -0.166. The van der Waals surface area contributed by atoms with E-state index in [9.17, 15) is 4.79 Å². The molecule has 2 N–H and O–H groups in total. The van der Waals surface area contributed by atoms with Crippen molar-refractivity contribution in [2.45, 2.75) is 46.6 Å². The summed E-state index contributed by atoms with van der Waals surface area (Å²) in [6.45, 7) is 9.70. The van der Waals surface area contributed by atoms with Gasteiger partial charge in [0.05, 0.1) is 5.41 Å². The highest BCUT2D eigenvalue weighted by molar-refractivity contribution is 5.76. The van der Waals surface area contributed by atoms with E-state index in [1.165, 1.54) is 0 Å². The molecule has 0 saturated carbocycles. The van der Waals surface area contributed by atoms with Crippen molar-refractivity contribution in [2.24, 2.45) is 11.1 Å². The Kier molecular flexibility index (Phi) is 3.91. The lowest BCUT2D eigenvalue weighted by Gasteiger charge is -2.29. The fourth-order valence-electron chi connectivity index (χ4n) is 0.575. The monoisotopic (exact) mass is 187 g/mol. The zero-order valence-electron chi connectivity index (χ0n) is 9.31. The van der Waals surface area contributed by atoms with Gasteiger partial charge in [-0.3, -0.25) is 4.79 Å². The van der Waals surface area contributed by atoms with E-state index in [1.807, 2.05) is 34.6 Å². The van der Waals surface area contributed by atoms with Crippen LogP contribution < -0.4 is 5.73 Å². The molecule has 0 atom stereocenters. The molecule has 78 valence electrons. The van der Waals surface area contributed by atoms with Crippen LogP contribution in [-0.2, 0) is 9.53 Å². The summed E-state index contributed by atoms with van der Waals surface area (Å²) in [6, 6.07) is 0. The van der Waals surface area contributed by atoms with Crippen molar-refractivity contribution in [1.82, 2.24) is 0 Å². The van der Waals surface area contributed by atoms with Crippen LogP contribution >= 0.6 is 0 Å². The molecule has 0 amide bonds. The maximum absolute atomic E-state index is 11.6. The molecular weight excluding hydrogens is 166 g/mol. The first-order valence-electron chi connectivity index (χ1n) is 4.68. The third-order valence-corrected chi connectivity index (χ3v) is 2.30. The topological polar surface area (TPSA) is 52.3 Å². The van der Waals surface area contributed by atoms with E-state index in [4.69, 9.17) is 10.5 Å². The molecule has 0 aliphatic carbocycles. The van der Waals surface area contributed by atoms with Crippen molar-refractivity contribution in [3.05, 3.63) is 0 Å². The normalized spacial score (nSPS) is 12.8. The van der Waals surface area contributed by atoms with E-state index >= 15 is 0 Å². The Morgan fingerprint density at radius 1 is 1.31 bits per heavy atom. The van der Waals surface area contributed by atoms with Crippen molar-refractivity contribution < 1.29 is 9.53 Å². The van der Waals surface area contributed by atoms with E-state index in [0.29, 0.717) is 6.54 Å². The Hall–Kier alpha value is -0.570. The van der Waals surface area contributed by atoms with Crippen LogP contribution in [0, 0.1) is 5.41 Å².